The molecule has 1 saturated carbocycles. The quantitative estimate of drug-likeness (QED) is 0.466. The zero-order chi connectivity index (χ0) is 21.2. The predicted molar refractivity (Wildman–Crippen MR) is 116 cm³/mol. The Morgan fingerprint density at radius 1 is 1.14 bits per heavy atom. The molecular formula is C25H40O3. The minimum Gasteiger partial charge on any atom is -0.496 e. The summed E-state index contributed by atoms with van der Waals surface area (Å²) in [5.74, 6) is 0.697. The van der Waals surface area contributed by atoms with E-state index in [1.807, 2.05) is 12.1 Å². The number of ether oxygens (including phenoxy) is 2. The number of methoxy groups -OCH3 is 1. The Labute approximate surface area is 172 Å². The third kappa shape index (κ3) is 5.52. The molecule has 2 rings (SSSR count). The second-order valence-electron chi connectivity index (χ2n) is 10.7. The number of hydrogen-bond donors (Lipinski definition) is 0. The summed E-state index contributed by atoms with van der Waals surface area (Å²) in [5.41, 5.74) is 1.76. The Bertz CT molecular complexity index is 676. The van der Waals surface area contributed by atoms with Gasteiger partial charge in [-0.1, -0.05) is 54.0 Å². The van der Waals surface area contributed by atoms with Crippen LogP contribution in [0.2, 0.25) is 0 Å². The summed E-state index contributed by atoms with van der Waals surface area (Å²) < 4.78 is 11.5. The van der Waals surface area contributed by atoms with Gasteiger partial charge in [-0.2, -0.15) is 0 Å². The predicted octanol–water partition coefficient (Wildman–Crippen LogP) is 7.14. The van der Waals surface area contributed by atoms with Gasteiger partial charge < -0.3 is 9.47 Å². The fourth-order valence-electron chi connectivity index (χ4n) is 4.31. The van der Waals surface area contributed by atoms with Crippen LogP contribution in [-0.2, 0) is 4.74 Å². The van der Waals surface area contributed by atoms with Crippen molar-refractivity contribution in [1.29, 1.82) is 0 Å². The van der Waals surface area contributed by atoms with Crippen molar-refractivity contribution >= 4 is 5.97 Å². The Morgan fingerprint density at radius 3 is 2.25 bits per heavy atom. The first-order valence-electron chi connectivity index (χ1n) is 10.8. The molecule has 0 heterocycles. The first-order chi connectivity index (χ1) is 12.9. The Kier molecular flexibility index (Phi) is 6.89. The van der Waals surface area contributed by atoms with Crippen LogP contribution in [0.15, 0.2) is 18.2 Å². The molecular weight excluding hydrogens is 348 g/mol. The highest BCUT2D eigenvalue weighted by molar-refractivity contribution is 5.93. The lowest BCUT2D eigenvalue weighted by atomic mass is 9.67. The standard InChI is InChI=1S/C25H40O3/c1-9-24(5,6)20(17-23(2,3)4)18-12-13-21(27-8)19(16-18)22(26)28-25(7)14-10-11-15-25/h12-13,16,20H,9-11,14-15,17H2,1-8H3. The molecule has 1 fully saturated rings. The summed E-state index contributed by atoms with van der Waals surface area (Å²) in [4.78, 5) is 13.1. The molecule has 1 aliphatic carbocycles. The molecule has 0 aromatic heterocycles. The van der Waals surface area contributed by atoms with Gasteiger partial charge >= 0.3 is 5.97 Å². The molecule has 0 amide bonds. The van der Waals surface area contributed by atoms with Gasteiger partial charge in [0.2, 0.25) is 0 Å². The van der Waals surface area contributed by atoms with Crippen LogP contribution in [0.25, 0.3) is 0 Å². The Balaban J connectivity index is 2.41. The lowest BCUT2D eigenvalue weighted by molar-refractivity contribution is -0.00638. The first kappa shape index (κ1) is 22.8. The minimum atomic E-state index is -0.342. The molecule has 3 nitrogen and oxygen atoms in total. The maximum atomic E-state index is 13.1. The molecule has 158 valence electrons. The van der Waals surface area contributed by atoms with Crippen LogP contribution in [0.1, 0.15) is 109 Å². The van der Waals surface area contributed by atoms with Gasteiger partial charge in [-0.25, -0.2) is 4.79 Å². The molecule has 1 aromatic carbocycles. The molecule has 28 heavy (non-hydrogen) atoms. The lowest BCUT2D eigenvalue weighted by Gasteiger charge is -2.38. The van der Waals surface area contributed by atoms with E-state index in [-0.39, 0.29) is 22.4 Å². The van der Waals surface area contributed by atoms with Crippen molar-refractivity contribution in [2.45, 2.75) is 98.5 Å². The number of rotatable bonds is 7. The van der Waals surface area contributed by atoms with Crippen molar-refractivity contribution in [2.24, 2.45) is 10.8 Å². The first-order valence-corrected chi connectivity index (χ1v) is 10.8. The highest BCUT2D eigenvalue weighted by Crippen LogP contribution is 2.46. The van der Waals surface area contributed by atoms with E-state index in [9.17, 15) is 4.79 Å². The van der Waals surface area contributed by atoms with Gasteiger partial charge in [-0.05, 0) is 73.5 Å². The molecule has 1 aliphatic rings. The van der Waals surface area contributed by atoms with Crippen molar-refractivity contribution in [3.63, 3.8) is 0 Å². The summed E-state index contributed by atoms with van der Waals surface area (Å²) in [7, 11) is 1.62. The van der Waals surface area contributed by atoms with Crippen LogP contribution in [0.5, 0.6) is 5.75 Å². The van der Waals surface area contributed by atoms with Crippen molar-refractivity contribution in [3.8, 4) is 5.75 Å². The SMILES string of the molecule is CCC(C)(C)C(CC(C)(C)C)c1ccc(OC)c(C(=O)OC2(C)CCCC2)c1. The summed E-state index contributed by atoms with van der Waals surface area (Å²) in [6.45, 7) is 15.8. The smallest absolute Gasteiger partial charge is 0.342 e. The van der Waals surface area contributed by atoms with E-state index in [2.05, 4.69) is 54.5 Å². The second kappa shape index (κ2) is 8.47. The maximum Gasteiger partial charge on any atom is 0.342 e. The van der Waals surface area contributed by atoms with Gasteiger partial charge in [0, 0.05) is 0 Å². The molecule has 0 aliphatic heterocycles. The van der Waals surface area contributed by atoms with E-state index < -0.39 is 0 Å². The van der Waals surface area contributed by atoms with E-state index in [1.165, 1.54) is 5.56 Å². The van der Waals surface area contributed by atoms with Gasteiger partial charge in [-0.15, -0.1) is 0 Å². The van der Waals surface area contributed by atoms with E-state index in [1.54, 1.807) is 7.11 Å². The van der Waals surface area contributed by atoms with Crippen LogP contribution in [0.3, 0.4) is 0 Å². The number of carbonyl (C=O) groups excluding carboxylic acids is 1. The van der Waals surface area contributed by atoms with Gasteiger partial charge in [0.15, 0.2) is 0 Å². The van der Waals surface area contributed by atoms with E-state index in [4.69, 9.17) is 9.47 Å². The lowest BCUT2D eigenvalue weighted by Crippen LogP contribution is -2.29. The zero-order valence-electron chi connectivity index (χ0n) is 19.3. The fraction of sp³-hybridized carbons (Fsp3) is 0.720. The van der Waals surface area contributed by atoms with Gasteiger partial charge in [0.25, 0.3) is 0 Å². The molecule has 1 atom stereocenters. The molecule has 0 saturated heterocycles. The molecule has 0 spiro atoms. The normalized spacial score (nSPS) is 18.0. The van der Waals surface area contributed by atoms with E-state index in [0.29, 0.717) is 17.2 Å². The summed E-state index contributed by atoms with van der Waals surface area (Å²) in [6, 6.07) is 6.08. The fourth-order valence-corrected chi connectivity index (χ4v) is 4.31. The maximum absolute atomic E-state index is 13.1. The van der Waals surface area contributed by atoms with E-state index in [0.717, 1.165) is 38.5 Å². The molecule has 0 radical (unpaired) electrons. The Hall–Kier alpha value is -1.51. The highest BCUT2D eigenvalue weighted by Gasteiger charge is 2.36. The number of benzene rings is 1. The topological polar surface area (TPSA) is 35.5 Å². The van der Waals surface area contributed by atoms with Gasteiger partial charge in [-0.3, -0.25) is 0 Å². The summed E-state index contributed by atoms with van der Waals surface area (Å²) in [6.07, 6.45) is 6.27. The zero-order valence-corrected chi connectivity index (χ0v) is 19.3. The third-order valence-electron chi connectivity index (χ3n) is 6.52. The van der Waals surface area contributed by atoms with Gasteiger partial charge in [0.1, 0.15) is 16.9 Å². The van der Waals surface area contributed by atoms with E-state index >= 15 is 0 Å². The van der Waals surface area contributed by atoms with Crippen LogP contribution in [0, 0.1) is 10.8 Å². The van der Waals surface area contributed by atoms with Crippen molar-refractivity contribution in [1.82, 2.24) is 0 Å². The summed E-state index contributed by atoms with van der Waals surface area (Å²) >= 11 is 0. The number of carbonyl (C=O) groups is 1. The average molecular weight is 389 g/mol. The molecule has 0 N–H and O–H groups in total. The molecule has 1 aromatic rings. The van der Waals surface area contributed by atoms with Crippen LogP contribution in [-0.4, -0.2) is 18.7 Å². The largest absolute Gasteiger partial charge is 0.496 e. The average Bonchev–Trinajstić information content (AvgIpc) is 3.04. The third-order valence-corrected chi connectivity index (χ3v) is 6.52. The van der Waals surface area contributed by atoms with Crippen molar-refractivity contribution < 1.29 is 14.3 Å². The molecule has 3 heteroatoms. The van der Waals surface area contributed by atoms with Gasteiger partial charge in [0.05, 0.1) is 7.11 Å². The van der Waals surface area contributed by atoms with Crippen molar-refractivity contribution in [3.05, 3.63) is 29.3 Å². The Morgan fingerprint density at radius 2 is 1.75 bits per heavy atom. The number of esters is 1. The highest BCUT2D eigenvalue weighted by atomic mass is 16.6. The molecule has 1 unspecified atom stereocenters. The number of hydrogen-bond acceptors (Lipinski definition) is 3. The monoisotopic (exact) mass is 388 g/mol. The minimum absolute atomic E-state index is 0.139. The second-order valence-corrected chi connectivity index (χ2v) is 10.7. The summed E-state index contributed by atoms with van der Waals surface area (Å²) in [5, 5.41) is 0. The van der Waals surface area contributed by atoms with Crippen LogP contribution < -0.4 is 4.74 Å². The van der Waals surface area contributed by atoms with Crippen LogP contribution in [0.4, 0.5) is 0 Å². The van der Waals surface area contributed by atoms with Crippen LogP contribution >= 0.6 is 0 Å². The van der Waals surface area contributed by atoms with Crippen molar-refractivity contribution in [2.75, 3.05) is 7.11 Å². The molecule has 0 bridgehead atoms.